The summed E-state index contributed by atoms with van der Waals surface area (Å²) in [6, 6.07) is 25.0. The van der Waals surface area contributed by atoms with Crippen molar-refractivity contribution in [3.8, 4) is 5.75 Å². The predicted octanol–water partition coefficient (Wildman–Crippen LogP) is 4.80. The van der Waals surface area contributed by atoms with E-state index in [9.17, 15) is 4.79 Å². The Morgan fingerprint density at radius 3 is 2.57 bits per heavy atom. The van der Waals surface area contributed by atoms with Crippen molar-refractivity contribution in [3.05, 3.63) is 101 Å². The second-order valence-electron chi connectivity index (χ2n) is 7.65. The molecule has 3 nitrogen and oxygen atoms in total. The average Bonchev–Trinajstić information content (AvgIpc) is 2.76. The molecule has 140 valence electrons. The van der Waals surface area contributed by atoms with Gasteiger partial charge in [-0.05, 0) is 53.3 Å². The third kappa shape index (κ3) is 2.70. The maximum atomic E-state index is 13.4. The van der Waals surface area contributed by atoms with Crippen LogP contribution in [0.5, 0.6) is 5.75 Å². The Labute approximate surface area is 165 Å². The third-order valence-electron chi connectivity index (χ3n) is 6.17. The van der Waals surface area contributed by atoms with Crippen molar-refractivity contribution in [3.63, 3.8) is 0 Å². The van der Waals surface area contributed by atoms with Gasteiger partial charge in [0, 0.05) is 24.1 Å². The van der Waals surface area contributed by atoms with Gasteiger partial charge in [-0.1, -0.05) is 54.6 Å². The van der Waals surface area contributed by atoms with Crippen LogP contribution in [0.3, 0.4) is 0 Å². The lowest BCUT2D eigenvalue weighted by Gasteiger charge is -2.45. The summed E-state index contributed by atoms with van der Waals surface area (Å²) in [5.41, 5.74) is 5.82. The molecule has 1 heterocycles. The van der Waals surface area contributed by atoms with Crippen molar-refractivity contribution in [2.45, 2.75) is 31.3 Å². The van der Waals surface area contributed by atoms with E-state index in [0.717, 1.165) is 29.7 Å². The molecule has 0 saturated heterocycles. The van der Waals surface area contributed by atoms with Gasteiger partial charge in [-0.25, -0.2) is 0 Å². The highest BCUT2D eigenvalue weighted by Crippen LogP contribution is 2.45. The Hall–Kier alpha value is -3.07. The zero-order chi connectivity index (χ0) is 19.1. The molecule has 1 aliphatic carbocycles. The molecule has 1 aliphatic heterocycles. The minimum absolute atomic E-state index is 0.145. The van der Waals surface area contributed by atoms with Gasteiger partial charge in [-0.3, -0.25) is 4.79 Å². The molecule has 2 aliphatic rings. The van der Waals surface area contributed by atoms with Gasteiger partial charge in [0.2, 0.25) is 0 Å². The topological polar surface area (TPSA) is 29.5 Å². The quantitative estimate of drug-likeness (QED) is 0.664. The zero-order valence-corrected chi connectivity index (χ0v) is 16.0. The molecule has 0 radical (unpaired) electrons. The summed E-state index contributed by atoms with van der Waals surface area (Å²) in [4.78, 5) is 15.5. The second kappa shape index (κ2) is 6.83. The van der Waals surface area contributed by atoms with Crippen LogP contribution in [0.15, 0.2) is 72.8 Å². The first-order chi connectivity index (χ1) is 13.8. The molecule has 3 aromatic carbocycles. The van der Waals surface area contributed by atoms with Crippen LogP contribution in [-0.4, -0.2) is 24.0 Å². The van der Waals surface area contributed by atoms with Gasteiger partial charge in [0.1, 0.15) is 5.75 Å². The van der Waals surface area contributed by atoms with E-state index in [2.05, 4.69) is 35.2 Å². The number of hydrogen-bond donors (Lipinski definition) is 0. The number of ether oxygens (including phenoxy) is 1. The van der Waals surface area contributed by atoms with Crippen LogP contribution >= 0.6 is 0 Å². The van der Waals surface area contributed by atoms with Crippen LogP contribution in [0.4, 0.5) is 0 Å². The van der Waals surface area contributed by atoms with E-state index >= 15 is 0 Å². The van der Waals surface area contributed by atoms with Crippen LogP contribution in [0.25, 0.3) is 0 Å². The van der Waals surface area contributed by atoms with Crippen LogP contribution in [-0.2, 0) is 13.0 Å². The standard InChI is InChI=1S/C25H23NO2/c1-28-19-13-11-18-12-14-23-24(22(18)15-19)20-9-5-6-10-21(20)25(27)26(23)16-17-7-3-2-4-8-17/h2-11,13,15,23-24H,12,14,16H2,1H3/t23-,24-/m1/s1. The number of benzene rings is 3. The lowest BCUT2D eigenvalue weighted by molar-refractivity contribution is 0.0587. The fourth-order valence-corrected chi connectivity index (χ4v) is 4.84. The van der Waals surface area contributed by atoms with Gasteiger partial charge in [-0.2, -0.15) is 0 Å². The predicted molar refractivity (Wildman–Crippen MR) is 110 cm³/mol. The Morgan fingerprint density at radius 1 is 0.964 bits per heavy atom. The monoisotopic (exact) mass is 369 g/mol. The summed E-state index contributed by atoms with van der Waals surface area (Å²) < 4.78 is 5.51. The first-order valence-electron chi connectivity index (χ1n) is 9.87. The molecule has 0 saturated carbocycles. The summed E-state index contributed by atoms with van der Waals surface area (Å²) in [5, 5.41) is 0. The van der Waals surface area contributed by atoms with Crippen molar-refractivity contribution in [1.82, 2.24) is 4.90 Å². The SMILES string of the molecule is COc1ccc2c(c1)[C@H]1c3ccccc3C(=O)N(Cc3ccccc3)[C@@H]1CC2. The number of fused-ring (bicyclic) bond motifs is 5. The summed E-state index contributed by atoms with van der Waals surface area (Å²) in [6.45, 7) is 0.647. The van der Waals surface area contributed by atoms with E-state index in [4.69, 9.17) is 4.74 Å². The van der Waals surface area contributed by atoms with Crippen LogP contribution in [0, 0.1) is 0 Å². The molecule has 0 spiro atoms. The Kier molecular flexibility index (Phi) is 4.16. The average molecular weight is 369 g/mol. The van der Waals surface area contributed by atoms with Gasteiger partial charge in [0.15, 0.2) is 0 Å². The van der Waals surface area contributed by atoms with E-state index in [1.54, 1.807) is 7.11 Å². The number of carbonyl (C=O) groups excluding carboxylic acids is 1. The van der Waals surface area contributed by atoms with Gasteiger partial charge in [0.25, 0.3) is 5.91 Å². The number of rotatable bonds is 3. The minimum Gasteiger partial charge on any atom is -0.497 e. The van der Waals surface area contributed by atoms with Crippen molar-refractivity contribution in [1.29, 1.82) is 0 Å². The molecule has 0 bridgehead atoms. The highest BCUT2D eigenvalue weighted by Gasteiger charge is 2.42. The first kappa shape index (κ1) is 17.1. The fraction of sp³-hybridized carbons (Fsp3) is 0.240. The molecule has 2 atom stereocenters. The van der Waals surface area contributed by atoms with Gasteiger partial charge < -0.3 is 9.64 Å². The van der Waals surface area contributed by atoms with Crippen LogP contribution in [0.1, 0.15) is 45.0 Å². The largest absolute Gasteiger partial charge is 0.497 e. The maximum absolute atomic E-state index is 13.4. The second-order valence-corrected chi connectivity index (χ2v) is 7.65. The zero-order valence-electron chi connectivity index (χ0n) is 16.0. The lowest BCUT2D eigenvalue weighted by atomic mass is 9.71. The number of aryl methyl sites for hydroxylation is 1. The third-order valence-corrected chi connectivity index (χ3v) is 6.17. The van der Waals surface area contributed by atoms with Gasteiger partial charge >= 0.3 is 0 Å². The van der Waals surface area contributed by atoms with Gasteiger partial charge in [-0.15, -0.1) is 0 Å². The number of amides is 1. The van der Waals surface area contributed by atoms with Crippen molar-refractivity contribution >= 4 is 5.91 Å². The molecule has 0 aromatic heterocycles. The van der Waals surface area contributed by atoms with E-state index in [0.29, 0.717) is 6.54 Å². The number of methoxy groups -OCH3 is 1. The molecule has 28 heavy (non-hydrogen) atoms. The fourth-order valence-electron chi connectivity index (χ4n) is 4.84. The molecule has 0 N–H and O–H groups in total. The lowest BCUT2D eigenvalue weighted by Crippen LogP contribution is -2.49. The maximum Gasteiger partial charge on any atom is 0.254 e. The van der Waals surface area contributed by atoms with Crippen molar-refractivity contribution in [2.75, 3.05) is 7.11 Å². The molecular weight excluding hydrogens is 346 g/mol. The Bertz CT molecular complexity index is 1030. The Morgan fingerprint density at radius 2 is 1.75 bits per heavy atom. The summed E-state index contributed by atoms with van der Waals surface area (Å²) in [5.74, 6) is 1.21. The van der Waals surface area contributed by atoms with E-state index in [1.807, 2.05) is 42.5 Å². The highest BCUT2D eigenvalue weighted by atomic mass is 16.5. The van der Waals surface area contributed by atoms with Gasteiger partial charge in [0.05, 0.1) is 7.11 Å². The van der Waals surface area contributed by atoms with Crippen LogP contribution < -0.4 is 4.74 Å². The first-order valence-corrected chi connectivity index (χ1v) is 9.87. The molecular formula is C25H23NO2. The molecule has 5 rings (SSSR count). The highest BCUT2D eigenvalue weighted by molar-refractivity contribution is 5.98. The summed E-state index contributed by atoms with van der Waals surface area (Å²) in [7, 11) is 1.71. The number of nitrogens with zero attached hydrogens (tertiary/aromatic N) is 1. The van der Waals surface area contributed by atoms with Crippen molar-refractivity contribution < 1.29 is 9.53 Å². The minimum atomic E-state index is 0.145. The molecule has 1 amide bonds. The summed E-state index contributed by atoms with van der Waals surface area (Å²) in [6.07, 6.45) is 1.97. The summed E-state index contributed by atoms with van der Waals surface area (Å²) >= 11 is 0. The molecule has 0 fully saturated rings. The van der Waals surface area contributed by atoms with Crippen molar-refractivity contribution in [2.24, 2.45) is 0 Å². The number of carbonyl (C=O) groups is 1. The normalized spacial score (nSPS) is 20.2. The van der Waals surface area contributed by atoms with E-state index < -0.39 is 0 Å². The molecule has 0 unspecified atom stereocenters. The smallest absolute Gasteiger partial charge is 0.254 e. The molecule has 3 heteroatoms. The van der Waals surface area contributed by atoms with E-state index in [-0.39, 0.29) is 17.9 Å². The van der Waals surface area contributed by atoms with E-state index in [1.165, 1.54) is 16.7 Å². The molecule has 3 aromatic rings. The number of hydrogen-bond acceptors (Lipinski definition) is 2. The van der Waals surface area contributed by atoms with Crippen LogP contribution in [0.2, 0.25) is 0 Å². The Balaban J connectivity index is 1.65.